The van der Waals surface area contributed by atoms with Gasteiger partial charge in [0.15, 0.2) is 6.29 Å². The fourth-order valence-corrected chi connectivity index (χ4v) is 5.35. The summed E-state index contributed by atoms with van der Waals surface area (Å²) in [6, 6.07) is 25.0. The smallest absolute Gasteiger partial charge is 0.319 e. The zero-order valence-electron chi connectivity index (χ0n) is 22.0. The molecule has 8 heteroatoms. The average molecular weight is 532 g/mol. The van der Waals surface area contributed by atoms with E-state index in [4.69, 9.17) is 9.47 Å². The molecule has 2 fully saturated rings. The van der Waals surface area contributed by atoms with Crippen molar-refractivity contribution < 1.29 is 24.5 Å². The second kappa shape index (κ2) is 13.2. The van der Waals surface area contributed by atoms with Gasteiger partial charge in [0.2, 0.25) is 0 Å². The molecule has 2 heterocycles. The number of carbonyl (C=O) groups is 1. The van der Waals surface area contributed by atoms with Crippen molar-refractivity contribution in [2.75, 3.05) is 25.0 Å². The number of benzene rings is 3. The lowest BCUT2D eigenvalue weighted by Crippen LogP contribution is -2.42. The summed E-state index contributed by atoms with van der Waals surface area (Å²) in [7, 11) is 0. The van der Waals surface area contributed by atoms with E-state index in [0.29, 0.717) is 18.7 Å². The van der Waals surface area contributed by atoms with Gasteiger partial charge in [-0.05, 0) is 48.2 Å². The van der Waals surface area contributed by atoms with Gasteiger partial charge in [0.25, 0.3) is 0 Å². The highest BCUT2D eigenvalue weighted by atomic mass is 16.7. The third-order valence-electron chi connectivity index (χ3n) is 7.48. The molecule has 2 amide bonds. The topological polar surface area (TPSA) is 103 Å². The Bertz CT molecular complexity index is 1210. The Morgan fingerprint density at radius 3 is 2.51 bits per heavy atom. The lowest BCUT2D eigenvalue weighted by molar-refractivity contribution is -0.253. The van der Waals surface area contributed by atoms with Crippen LogP contribution in [-0.4, -0.2) is 53.0 Å². The van der Waals surface area contributed by atoms with Crippen LogP contribution >= 0.6 is 0 Å². The molecular weight excluding hydrogens is 494 g/mol. The van der Waals surface area contributed by atoms with Crippen molar-refractivity contribution in [2.24, 2.45) is 0 Å². The summed E-state index contributed by atoms with van der Waals surface area (Å²) in [6.45, 7) is 2.25. The van der Waals surface area contributed by atoms with Gasteiger partial charge in [-0.1, -0.05) is 66.7 Å². The number of nitrogens with zero attached hydrogens (tertiary/aromatic N) is 1. The molecule has 4 atom stereocenters. The van der Waals surface area contributed by atoms with Crippen LogP contribution in [0, 0.1) is 0 Å². The third kappa shape index (κ3) is 7.23. The molecule has 39 heavy (non-hydrogen) atoms. The molecule has 0 bridgehead atoms. The van der Waals surface area contributed by atoms with E-state index < -0.39 is 6.29 Å². The van der Waals surface area contributed by atoms with Crippen molar-refractivity contribution >= 4 is 11.7 Å². The number of hydrogen-bond donors (Lipinski definition) is 4. The first-order valence-electron chi connectivity index (χ1n) is 13.7. The van der Waals surface area contributed by atoms with Gasteiger partial charge in [0.1, 0.15) is 0 Å². The van der Waals surface area contributed by atoms with E-state index in [1.807, 2.05) is 78.9 Å². The number of aliphatic hydroxyl groups excluding tert-OH is 2. The Labute approximate surface area is 229 Å². The largest absolute Gasteiger partial charge is 0.395 e. The number of anilines is 1. The van der Waals surface area contributed by atoms with Gasteiger partial charge >= 0.3 is 6.03 Å². The van der Waals surface area contributed by atoms with Crippen molar-refractivity contribution in [2.45, 2.75) is 57.0 Å². The highest BCUT2D eigenvalue weighted by Crippen LogP contribution is 2.39. The lowest BCUT2D eigenvalue weighted by atomic mass is 9.99. The van der Waals surface area contributed by atoms with E-state index in [9.17, 15) is 15.0 Å². The quantitative estimate of drug-likeness (QED) is 0.324. The average Bonchev–Trinajstić information content (AvgIpc) is 3.43. The van der Waals surface area contributed by atoms with E-state index in [1.165, 1.54) is 0 Å². The summed E-state index contributed by atoms with van der Waals surface area (Å²) in [6.07, 6.45) is 1.85. The molecule has 2 saturated heterocycles. The van der Waals surface area contributed by atoms with Crippen LogP contribution in [0.2, 0.25) is 0 Å². The third-order valence-corrected chi connectivity index (χ3v) is 7.48. The standard InChI is InChI=1S/C31H37N3O5/c35-20-23-11-13-24(14-12-23)29-17-28(19-34-15-5-10-27(34)21-36)38-30(39-29)25-8-4-9-26(16-25)33-31(37)32-18-22-6-2-1-3-7-22/h1-4,6-9,11-14,16,27-30,35-36H,5,10,15,17-21H2,(H2,32,33,37)/t27-,28-,29+,30+/m0/s1. The molecule has 0 radical (unpaired) electrons. The minimum absolute atomic E-state index is 0.00358. The minimum atomic E-state index is -0.615. The number of urea groups is 1. The van der Waals surface area contributed by atoms with E-state index in [0.717, 1.165) is 48.2 Å². The molecule has 0 unspecified atom stereocenters. The van der Waals surface area contributed by atoms with Gasteiger partial charge in [0, 0.05) is 36.8 Å². The van der Waals surface area contributed by atoms with Gasteiger partial charge in [-0.15, -0.1) is 0 Å². The van der Waals surface area contributed by atoms with Crippen LogP contribution in [-0.2, 0) is 22.6 Å². The number of hydrogen-bond acceptors (Lipinski definition) is 6. The molecule has 0 saturated carbocycles. The second-order valence-corrected chi connectivity index (χ2v) is 10.2. The first-order chi connectivity index (χ1) is 19.1. The fraction of sp³-hybridized carbons (Fsp3) is 0.387. The molecule has 3 aromatic carbocycles. The van der Waals surface area contributed by atoms with Crippen molar-refractivity contribution in [1.82, 2.24) is 10.2 Å². The predicted octanol–water partition coefficient (Wildman–Crippen LogP) is 4.50. The Kier molecular flexibility index (Phi) is 9.23. The maximum atomic E-state index is 12.5. The summed E-state index contributed by atoms with van der Waals surface area (Å²) < 4.78 is 12.9. The van der Waals surface area contributed by atoms with Crippen molar-refractivity contribution in [3.63, 3.8) is 0 Å². The summed E-state index contributed by atoms with van der Waals surface area (Å²) in [5, 5.41) is 25.1. The second-order valence-electron chi connectivity index (χ2n) is 10.2. The Morgan fingerprint density at radius 1 is 0.923 bits per heavy atom. The van der Waals surface area contributed by atoms with E-state index in [2.05, 4.69) is 15.5 Å². The van der Waals surface area contributed by atoms with Gasteiger partial charge in [-0.25, -0.2) is 4.79 Å². The van der Waals surface area contributed by atoms with Gasteiger partial charge in [-0.2, -0.15) is 0 Å². The Morgan fingerprint density at radius 2 is 1.74 bits per heavy atom. The molecule has 4 N–H and O–H groups in total. The molecule has 8 nitrogen and oxygen atoms in total. The fourth-order valence-electron chi connectivity index (χ4n) is 5.35. The number of aliphatic hydroxyl groups is 2. The predicted molar refractivity (Wildman–Crippen MR) is 149 cm³/mol. The number of carbonyl (C=O) groups excluding carboxylic acids is 1. The van der Waals surface area contributed by atoms with Crippen LogP contribution in [0.1, 0.15) is 53.9 Å². The van der Waals surface area contributed by atoms with Crippen LogP contribution < -0.4 is 10.6 Å². The minimum Gasteiger partial charge on any atom is -0.395 e. The van der Waals surface area contributed by atoms with Crippen LogP contribution in [0.25, 0.3) is 0 Å². The van der Waals surface area contributed by atoms with Crippen molar-refractivity contribution in [3.05, 3.63) is 101 Å². The zero-order chi connectivity index (χ0) is 27.0. The molecule has 0 spiro atoms. The van der Waals surface area contributed by atoms with Crippen LogP contribution in [0.3, 0.4) is 0 Å². The summed E-state index contributed by atoms with van der Waals surface area (Å²) in [4.78, 5) is 14.9. The molecule has 206 valence electrons. The van der Waals surface area contributed by atoms with Crippen LogP contribution in [0.4, 0.5) is 10.5 Å². The molecule has 0 aliphatic carbocycles. The number of ether oxygens (including phenoxy) is 2. The first kappa shape index (κ1) is 27.3. The molecular formula is C31H37N3O5. The summed E-state index contributed by atoms with van der Waals surface area (Å²) in [5.74, 6) is 0. The SMILES string of the molecule is O=C(NCc1ccccc1)Nc1cccc([C@@H]2O[C@H](CN3CCC[C@H]3CO)C[C@H](c3ccc(CO)cc3)O2)c1. The molecule has 2 aliphatic heterocycles. The normalized spacial score (nSPS) is 23.4. The van der Waals surface area contributed by atoms with E-state index in [1.54, 1.807) is 0 Å². The molecule has 0 aromatic heterocycles. The van der Waals surface area contributed by atoms with E-state index in [-0.39, 0.29) is 37.5 Å². The summed E-state index contributed by atoms with van der Waals surface area (Å²) >= 11 is 0. The van der Waals surface area contributed by atoms with Gasteiger partial charge < -0.3 is 30.3 Å². The zero-order valence-corrected chi connectivity index (χ0v) is 22.0. The van der Waals surface area contributed by atoms with E-state index >= 15 is 0 Å². The number of rotatable bonds is 9. The summed E-state index contributed by atoms with van der Waals surface area (Å²) in [5.41, 5.74) is 4.37. The van der Waals surface area contributed by atoms with Crippen LogP contribution in [0.15, 0.2) is 78.9 Å². The van der Waals surface area contributed by atoms with Gasteiger partial charge in [0.05, 0.1) is 25.4 Å². The van der Waals surface area contributed by atoms with Crippen molar-refractivity contribution in [3.8, 4) is 0 Å². The lowest BCUT2D eigenvalue weighted by Gasteiger charge is -2.38. The molecule has 3 aromatic rings. The van der Waals surface area contributed by atoms with Crippen LogP contribution in [0.5, 0.6) is 0 Å². The maximum Gasteiger partial charge on any atom is 0.319 e. The highest BCUT2D eigenvalue weighted by Gasteiger charge is 2.35. The highest BCUT2D eigenvalue weighted by molar-refractivity contribution is 5.89. The Hall–Kier alpha value is -3.27. The monoisotopic (exact) mass is 531 g/mol. The maximum absolute atomic E-state index is 12.5. The first-order valence-corrected chi connectivity index (χ1v) is 13.7. The number of likely N-dealkylation sites (tertiary alicyclic amines) is 1. The van der Waals surface area contributed by atoms with Gasteiger partial charge in [-0.3, -0.25) is 4.90 Å². The van der Waals surface area contributed by atoms with Crippen molar-refractivity contribution in [1.29, 1.82) is 0 Å². The molecule has 2 aliphatic rings. The number of nitrogens with one attached hydrogen (secondary N) is 2. The number of amides is 2. The Balaban J connectivity index is 1.29. The molecule has 5 rings (SSSR count).